The van der Waals surface area contributed by atoms with Crippen LogP contribution in [0.4, 0.5) is 5.69 Å². The molecule has 0 radical (unpaired) electrons. The van der Waals surface area contributed by atoms with Crippen LogP contribution in [0.5, 0.6) is 0 Å². The number of nitrogens with one attached hydrogen (secondary N) is 3. The maximum absolute atomic E-state index is 13.0. The summed E-state index contributed by atoms with van der Waals surface area (Å²) < 4.78 is 0. The second-order valence-corrected chi connectivity index (χ2v) is 7.70. The fourth-order valence-corrected chi connectivity index (χ4v) is 3.33. The number of benzene rings is 3. The summed E-state index contributed by atoms with van der Waals surface area (Å²) in [6, 6.07) is 23.0. The number of amides is 3. The van der Waals surface area contributed by atoms with E-state index in [2.05, 4.69) is 16.0 Å². The highest BCUT2D eigenvalue weighted by atomic mass is 16.4. The van der Waals surface area contributed by atoms with Gasteiger partial charge in [-0.25, -0.2) is 4.79 Å². The highest BCUT2D eigenvalue weighted by molar-refractivity contribution is 6.11. The first-order chi connectivity index (χ1) is 16.8. The van der Waals surface area contributed by atoms with Crippen molar-refractivity contribution in [3.05, 3.63) is 107 Å². The van der Waals surface area contributed by atoms with Crippen molar-refractivity contribution in [1.29, 1.82) is 0 Å². The second-order valence-electron chi connectivity index (χ2n) is 7.70. The highest BCUT2D eigenvalue weighted by Gasteiger charge is 2.23. The molecule has 3 aromatic rings. The number of anilines is 1. The van der Waals surface area contributed by atoms with Crippen molar-refractivity contribution in [1.82, 2.24) is 10.6 Å². The zero-order chi connectivity index (χ0) is 25.2. The molecule has 0 aliphatic rings. The summed E-state index contributed by atoms with van der Waals surface area (Å²) in [6.07, 6.45) is 1.61. The minimum Gasteiger partial charge on any atom is -0.480 e. The summed E-state index contributed by atoms with van der Waals surface area (Å²) in [7, 11) is 0. The second kappa shape index (κ2) is 11.9. The molecular formula is C27H25N3O5. The standard InChI is InChI=1S/C27H25N3O5/c1-18(31)28-23(16-19-10-4-2-5-11-19)26(33)29-22-15-9-8-14-21(22)25(32)30-24(27(34)35)17-20-12-6-3-7-13-20/h2-16,24H,17H2,1H3,(H,28,31)(H,29,33)(H,30,32)(H,34,35)/b23-16+. The smallest absolute Gasteiger partial charge is 0.326 e. The Morgan fingerprint density at radius 1 is 0.857 bits per heavy atom. The molecule has 0 aliphatic carbocycles. The van der Waals surface area contributed by atoms with E-state index in [1.54, 1.807) is 60.7 Å². The summed E-state index contributed by atoms with van der Waals surface area (Å²) in [5.41, 5.74) is 1.70. The van der Waals surface area contributed by atoms with Crippen LogP contribution < -0.4 is 16.0 Å². The largest absolute Gasteiger partial charge is 0.480 e. The number of carbonyl (C=O) groups excluding carboxylic acids is 3. The van der Waals surface area contributed by atoms with Crippen LogP contribution in [-0.2, 0) is 20.8 Å². The van der Waals surface area contributed by atoms with E-state index < -0.39 is 29.7 Å². The van der Waals surface area contributed by atoms with Crippen molar-refractivity contribution < 1.29 is 24.3 Å². The van der Waals surface area contributed by atoms with Gasteiger partial charge in [0.15, 0.2) is 0 Å². The van der Waals surface area contributed by atoms with E-state index in [1.807, 2.05) is 12.1 Å². The fraction of sp³-hybridized carbons (Fsp3) is 0.111. The van der Waals surface area contributed by atoms with Gasteiger partial charge in [-0.05, 0) is 29.3 Å². The Balaban J connectivity index is 1.81. The third-order valence-electron chi connectivity index (χ3n) is 4.97. The van der Waals surface area contributed by atoms with Gasteiger partial charge in [0, 0.05) is 13.3 Å². The van der Waals surface area contributed by atoms with Crippen molar-refractivity contribution in [2.24, 2.45) is 0 Å². The van der Waals surface area contributed by atoms with E-state index in [4.69, 9.17) is 0 Å². The molecule has 3 aromatic carbocycles. The molecule has 35 heavy (non-hydrogen) atoms. The van der Waals surface area contributed by atoms with Crippen molar-refractivity contribution in [2.45, 2.75) is 19.4 Å². The monoisotopic (exact) mass is 471 g/mol. The summed E-state index contributed by atoms with van der Waals surface area (Å²) in [5, 5.41) is 17.3. The van der Waals surface area contributed by atoms with E-state index in [0.29, 0.717) is 5.56 Å². The zero-order valence-corrected chi connectivity index (χ0v) is 19.0. The van der Waals surface area contributed by atoms with Gasteiger partial charge in [-0.15, -0.1) is 0 Å². The first-order valence-corrected chi connectivity index (χ1v) is 10.9. The summed E-state index contributed by atoms with van der Waals surface area (Å²) in [6.45, 7) is 1.28. The number of carboxylic acids is 1. The van der Waals surface area contributed by atoms with Crippen LogP contribution in [0.1, 0.15) is 28.4 Å². The van der Waals surface area contributed by atoms with E-state index in [0.717, 1.165) is 5.56 Å². The van der Waals surface area contributed by atoms with Gasteiger partial charge in [0.25, 0.3) is 11.8 Å². The van der Waals surface area contributed by atoms with Gasteiger partial charge < -0.3 is 21.1 Å². The first kappa shape index (κ1) is 24.9. The molecule has 178 valence electrons. The minimum atomic E-state index is -1.18. The Labute approximate surface area is 202 Å². The maximum atomic E-state index is 13.0. The number of aliphatic carboxylic acids is 1. The topological polar surface area (TPSA) is 125 Å². The average Bonchev–Trinajstić information content (AvgIpc) is 2.84. The molecule has 0 bridgehead atoms. The van der Waals surface area contributed by atoms with Crippen LogP contribution in [0.15, 0.2) is 90.6 Å². The molecule has 1 unspecified atom stereocenters. The van der Waals surface area contributed by atoms with Gasteiger partial charge in [-0.2, -0.15) is 0 Å². The van der Waals surface area contributed by atoms with Crippen LogP contribution in [0.25, 0.3) is 6.08 Å². The number of rotatable bonds is 9. The van der Waals surface area contributed by atoms with Crippen LogP contribution in [-0.4, -0.2) is 34.8 Å². The molecule has 4 N–H and O–H groups in total. The molecule has 0 saturated carbocycles. The Morgan fingerprint density at radius 3 is 2.09 bits per heavy atom. The molecule has 3 amide bonds. The maximum Gasteiger partial charge on any atom is 0.326 e. The average molecular weight is 472 g/mol. The Morgan fingerprint density at radius 2 is 1.46 bits per heavy atom. The Bertz CT molecular complexity index is 1240. The van der Waals surface area contributed by atoms with Crippen LogP contribution in [0.3, 0.4) is 0 Å². The molecule has 8 heteroatoms. The van der Waals surface area contributed by atoms with Crippen LogP contribution in [0, 0.1) is 0 Å². The number of hydrogen-bond donors (Lipinski definition) is 4. The van der Waals surface area contributed by atoms with Gasteiger partial charge in [-0.1, -0.05) is 72.8 Å². The quantitative estimate of drug-likeness (QED) is 0.357. The van der Waals surface area contributed by atoms with Gasteiger partial charge >= 0.3 is 5.97 Å². The molecule has 0 heterocycles. The van der Waals surface area contributed by atoms with Crippen molar-refractivity contribution in [3.63, 3.8) is 0 Å². The molecular weight excluding hydrogens is 446 g/mol. The van der Waals surface area contributed by atoms with E-state index in [1.165, 1.54) is 25.1 Å². The molecule has 0 aliphatic heterocycles. The van der Waals surface area contributed by atoms with Crippen molar-refractivity contribution in [3.8, 4) is 0 Å². The molecule has 0 fully saturated rings. The third-order valence-corrected chi connectivity index (χ3v) is 4.97. The van der Waals surface area contributed by atoms with Gasteiger partial charge in [-0.3, -0.25) is 14.4 Å². The van der Waals surface area contributed by atoms with Crippen molar-refractivity contribution >= 4 is 35.5 Å². The van der Waals surface area contributed by atoms with E-state index in [9.17, 15) is 24.3 Å². The van der Waals surface area contributed by atoms with E-state index in [-0.39, 0.29) is 23.4 Å². The number of carbonyl (C=O) groups is 4. The van der Waals surface area contributed by atoms with Crippen molar-refractivity contribution in [2.75, 3.05) is 5.32 Å². The predicted octanol–water partition coefficient (Wildman–Crippen LogP) is 3.23. The van der Waals surface area contributed by atoms with Gasteiger partial charge in [0.1, 0.15) is 11.7 Å². The lowest BCUT2D eigenvalue weighted by atomic mass is 10.0. The normalized spacial score (nSPS) is 11.7. The molecule has 1 atom stereocenters. The molecule has 8 nitrogen and oxygen atoms in total. The lowest BCUT2D eigenvalue weighted by molar-refractivity contribution is -0.139. The first-order valence-electron chi connectivity index (χ1n) is 10.9. The summed E-state index contributed by atoms with van der Waals surface area (Å²) in [4.78, 5) is 49.4. The van der Waals surface area contributed by atoms with Crippen LogP contribution in [0.2, 0.25) is 0 Å². The third kappa shape index (κ3) is 7.40. The minimum absolute atomic E-state index is 0.00796. The predicted molar refractivity (Wildman–Crippen MR) is 132 cm³/mol. The summed E-state index contributed by atoms with van der Waals surface area (Å²) >= 11 is 0. The lowest BCUT2D eigenvalue weighted by Crippen LogP contribution is -2.42. The van der Waals surface area contributed by atoms with Gasteiger partial charge in [0.2, 0.25) is 5.91 Å². The van der Waals surface area contributed by atoms with Gasteiger partial charge in [0.05, 0.1) is 11.3 Å². The highest BCUT2D eigenvalue weighted by Crippen LogP contribution is 2.17. The summed E-state index contributed by atoms with van der Waals surface area (Å²) in [5.74, 6) is -2.90. The Kier molecular flexibility index (Phi) is 8.50. The SMILES string of the molecule is CC(=O)N/C(=C/c1ccccc1)C(=O)Nc1ccccc1C(=O)NC(Cc1ccccc1)C(=O)O. The number of carboxylic acid groups (broad SMARTS) is 1. The molecule has 0 aromatic heterocycles. The van der Waals surface area contributed by atoms with E-state index >= 15 is 0 Å². The lowest BCUT2D eigenvalue weighted by Gasteiger charge is -2.17. The Hall–Kier alpha value is -4.72. The zero-order valence-electron chi connectivity index (χ0n) is 19.0. The number of para-hydroxylation sites is 1. The molecule has 0 spiro atoms. The number of hydrogen-bond acceptors (Lipinski definition) is 4. The molecule has 0 saturated heterocycles. The molecule has 3 rings (SSSR count). The fourth-order valence-electron chi connectivity index (χ4n) is 3.33. The van der Waals surface area contributed by atoms with Crippen LogP contribution >= 0.6 is 0 Å².